The van der Waals surface area contributed by atoms with Crippen LogP contribution in [0, 0.1) is 6.92 Å². The lowest BCUT2D eigenvalue weighted by Crippen LogP contribution is -1.84. The van der Waals surface area contributed by atoms with E-state index in [1.807, 2.05) is 6.07 Å². The molecule has 1 heteroatoms. The number of para-hydroxylation sites is 1. The quantitative estimate of drug-likeness (QED) is 0.825. The Morgan fingerprint density at radius 2 is 1.67 bits per heavy atom. The van der Waals surface area contributed by atoms with Gasteiger partial charge in [0.05, 0.1) is 0 Å². The highest BCUT2D eigenvalue weighted by atomic mass is 16.3. The van der Waals surface area contributed by atoms with Crippen LogP contribution in [0.15, 0.2) is 54.6 Å². The highest BCUT2D eigenvalue weighted by Gasteiger charge is 1.90. The van der Waals surface area contributed by atoms with Crippen molar-refractivity contribution in [2.45, 2.75) is 33.1 Å². The molecule has 0 bridgehead atoms. The monoisotopic (exact) mass is 242 g/mol. The number of rotatable bonds is 3. The third-order valence-corrected chi connectivity index (χ3v) is 2.66. The average Bonchev–Trinajstić information content (AvgIpc) is 2.38. The normalized spacial score (nSPS) is 9.44. The van der Waals surface area contributed by atoms with Crippen LogP contribution in [0.25, 0.3) is 0 Å². The first-order chi connectivity index (χ1) is 8.72. The summed E-state index contributed by atoms with van der Waals surface area (Å²) < 4.78 is 0. The molecule has 0 heterocycles. The van der Waals surface area contributed by atoms with Crippen LogP contribution in [0.3, 0.4) is 0 Å². The maximum absolute atomic E-state index is 8.63. The molecular formula is C17H22O. The fourth-order valence-corrected chi connectivity index (χ4v) is 1.68. The molecule has 0 aliphatic carbocycles. The highest BCUT2D eigenvalue weighted by molar-refractivity contribution is 5.22. The number of phenolic OH excluding ortho intramolecular Hbond substituents is 1. The maximum Gasteiger partial charge on any atom is 0.115 e. The first kappa shape index (κ1) is 14.3. The number of phenols is 1. The van der Waals surface area contributed by atoms with Gasteiger partial charge in [-0.15, -0.1) is 0 Å². The Balaban J connectivity index is 0.000000199. The van der Waals surface area contributed by atoms with Crippen LogP contribution in [0.1, 0.15) is 30.9 Å². The third kappa shape index (κ3) is 6.09. The molecule has 0 aliphatic rings. The summed E-state index contributed by atoms with van der Waals surface area (Å²) in [5.41, 5.74) is 2.85. The molecule has 0 aliphatic heterocycles. The minimum absolute atomic E-state index is 0.322. The maximum atomic E-state index is 8.63. The van der Waals surface area contributed by atoms with E-state index in [0.29, 0.717) is 5.75 Å². The molecule has 2 aromatic rings. The van der Waals surface area contributed by atoms with Gasteiger partial charge in [-0.3, -0.25) is 0 Å². The van der Waals surface area contributed by atoms with Crippen LogP contribution >= 0.6 is 0 Å². The Labute approximate surface area is 110 Å². The lowest BCUT2D eigenvalue weighted by molar-refractivity contribution is 0.475. The minimum atomic E-state index is 0.322. The number of unbranched alkanes of at least 4 members (excludes halogenated alkanes) is 1. The molecule has 2 aromatic carbocycles. The molecule has 18 heavy (non-hydrogen) atoms. The van der Waals surface area contributed by atoms with E-state index in [-0.39, 0.29) is 0 Å². The smallest absolute Gasteiger partial charge is 0.115 e. The van der Waals surface area contributed by atoms with Crippen molar-refractivity contribution < 1.29 is 5.11 Å². The zero-order valence-corrected chi connectivity index (χ0v) is 11.3. The van der Waals surface area contributed by atoms with Gasteiger partial charge in [-0.25, -0.2) is 0 Å². The zero-order valence-electron chi connectivity index (χ0n) is 11.3. The molecule has 1 nitrogen and oxygen atoms in total. The molecule has 0 spiro atoms. The summed E-state index contributed by atoms with van der Waals surface area (Å²) in [4.78, 5) is 0. The van der Waals surface area contributed by atoms with E-state index < -0.39 is 0 Å². The Morgan fingerprint density at radius 1 is 0.944 bits per heavy atom. The van der Waals surface area contributed by atoms with Crippen molar-refractivity contribution in [3.05, 3.63) is 65.7 Å². The second kappa shape index (κ2) is 8.35. The summed E-state index contributed by atoms with van der Waals surface area (Å²) in [5.74, 6) is 0.322. The second-order valence-corrected chi connectivity index (χ2v) is 4.43. The van der Waals surface area contributed by atoms with E-state index in [9.17, 15) is 0 Å². The van der Waals surface area contributed by atoms with Crippen LogP contribution in [0.5, 0.6) is 5.75 Å². The average molecular weight is 242 g/mol. The van der Waals surface area contributed by atoms with Crippen molar-refractivity contribution in [3.8, 4) is 5.75 Å². The third-order valence-electron chi connectivity index (χ3n) is 2.66. The standard InChI is InChI=1S/C11H16.C6H6O/c1-3-4-7-11-8-5-6-10(2)9-11;7-6-4-2-1-3-5-6/h5-6,8-9H,3-4,7H2,1-2H3;1-5,7H. The second-order valence-electron chi connectivity index (χ2n) is 4.43. The molecule has 0 saturated carbocycles. The van der Waals surface area contributed by atoms with Gasteiger partial charge in [0.2, 0.25) is 0 Å². The van der Waals surface area contributed by atoms with Gasteiger partial charge in [-0.05, 0) is 37.5 Å². The van der Waals surface area contributed by atoms with Crippen molar-refractivity contribution in [1.82, 2.24) is 0 Å². The van der Waals surface area contributed by atoms with Crippen LogP contribution in [-0.4, -0.2) is 5.11 Å². The topological polar surface area (TPSA) is 20.2 Å². The molecule has 96 valence electrons. The number of hydrogen-bond acceptors (Lipinski definition) is 1. The molecule has 0 fully saturated rings. The number of hydrogen-bond donors (Lipinski definition) is 1. The van der Waals surface area contributed by atoms with Crippen molar-refractivity contribution in [2.75, 3.05) is 0 Å². The lowest BCUT2D eigenvalue weighted by atomic mass is 10.1. The van der Waals surface area contributed by atoms with Crippen molar-refractivity contribution in [3.63, 3.8) is 0 Å². The van der Waals surface area contributed by atoms with Gasteiger partial charge in [0, 0.05) is 0 Å². The van der Waals surface area contributed by atoms with Gasteiger partial charge in [-0.1, -0.05) is 61.4 Å². The molecule has 1 N–H and O–H groups in total. The molecule has 0 amide bonds. The lowest BCUT2D eigenvalue weighted by Gasteiger charge is -1.99. The summed E-state index contributed by atoms with van der Waals surface area (Å²) in [7, 11) is 0. The van der Waals surface area contributed by atoms with Crippen molar-refractivity contribution in [1.29, 1.82) is 0 Å². The summed E-state index contributed by atoms with van der Waals surface area (Å²) in [6, 6.07) is 17.5. The molecular weight excluding hydrogens is 220 g/mol. The van der Waals surface area contributed by atoms with E-state index in [2.05, 4.69) is 38.1 Å². The highest BCUT2D eigenvalue weighted by Crippen LogP contribution is 2.07. The van der Waals surface area contributed by atoms with E-state index in [0.717, 1.165) is 0 Å². The predicted molar refractivity (Wildman–Crippen MR) is 77.9 cm³/mol. The summed E-state index contributed by atoms with van der Waals surface area (Å²) in [5, 5.41) is 8.63. The van der Waals surface area contributed by atoms with Crippen molar-refractivity contribution >= 4 is 0 Å². The largest absolute Gasteiger partial charge is 0.508 e. The van der Waals surface area contributed by atoms with Gasteiger partial charge < -0.3 is 5.11 Å². The fraction of sp³-hybridized carbons (Fsp3) is 0.294. The van der Waals surface area contributed by atoms with Gasteiger partial charge in [-0.2, -0.15) is 0 Å². The molecule has 0 atom stereocenters. The first-order valence-electron chi connectivity index (χ1n) is 6.52. The first-order valence-corrected chi connectivity index (χ1v) is 6.52. The van der Waals surface area contributed by atoms with Crippen molar-refractivity contribution in [2.24, 2.45) is 0 Å². The Bertz CT molecular complexity index is 434. The van der Waals surface area contributed by atoms with Crippen LogP contribution in [0.2, 0.25) is 0 Å². The SMILES string of the molecule is CCCCc1cccc(C)c1.Oc1ccccc1. The number of aryl methyl sites for hydroxylation is 2. The number of aromatic hydroxyl groups is 1. The molecule has 0 saturated heterocycles. The molecule has 0 radical (unpaired) electrons. The Morgan fingerprint density at radius 3 is 2.17 bits per heavy atom. The van der Waals surface area contributed by atoms with E-state index in [1.54, 1.807) is 24.3 Å². The minimum Gasteiger partial charge on any atom is -0.508 e. The zero-order chi connectivity index (χ0) is 13.2. The van der Waals surface area contributed by atoms with Crippen LogP contribution in [0.4, 0.5) is 0 Å². The summed E-state index contributed by atoms with van der Waals surface area (Å²) in [6.07, 6.45) is 3.83. The summed E-state index contributed by atoms with van der Waals surface area (Å²) in [6.45, 7) is 4.38. The van der Waals surface area contributed by atoms with Crippen LogP contribution < -0.4 is 0 Å². The molecule has 0 aromatic heterocycles. The van der Waals surface area contributed by atoms with Gasteiger partial charge >= 0.3 is 0 Å². The fourth-order valence-electron chi connectivity index (χ4n) is 1.68. The molecule has 0 unspecified atom stereocenters. The van der Waals surface area contributed by atoms with Gasteiger partial charge in [0.15, 0.2) is 0 Å². The van der Waals surface area contributed by atoms with Gasteiger partial charge in [0.25, 0.3) is 0 Å². The Hall–Kier alpha value is -1.76. The van der Waals surface area contributed by atoms with E-state index in [1.165, 1.54) is 30.4 Å². The van der Waals surface area contributed by atoms with Crippen LogP contribution in [-0.2, 0) is 6.42 Å². The Kier molecular flexibility index (Phi) is 6.63. The van der Waals surface area contributed by atoms with E-state index >= 15 is 0 Å². The predicted octanol–water partition coefficient (Wildman–Crippen LogP) is 4.73. The van der Waals surface area contributed by atoms with E-state index in [4.69, 9.17) is 5.11 Å². The molecule has 2 rings (SSSR count). The number of benzene rings is 2. The van der Waals surface area contributed by atoms with Gasteiger partial charge in [0.1, 0.15) is 5.75 Å². The summed E-state index contributed by atoms with van der Waals surface area (Å²) >= 11 is 0.